The van der Waals surface area contributed by atoms with Crippen LogP contribution in [-0.4, -0.2) is 14.7 Å². The van der Waals surface area contributed by atoms with Crippen LogP contribution in [0.15, 0.2) is 67.3 Å². The normalized spacial score (nSPS) is 10.3. The van der Waals surface area contributed by atoms with Crippen LogP contribution in [0.5, 0.6) is 0 Å². The molecular weight excluding hydrogens is 311 g/mol. The van der Waals surface area contributed by atoms with Gasteiger partial charge in [0.1, 0.15) is 5.82 Å². The van der Waals surface area contributed by atoms with Crippen LogP contribution >= 0.6 is 12.2 Å². The molecule has 0 spiro atoms. The summed E-state index contributed by atoms with van der Waals surface area (Å²) < 4.78 is 15.5. The van der Waals surface area contributed by atoms with E-state index in [1.807, 2.05) is 35.0 Å². The van der Waals surface area contributed by atoms with E-state index in [1.165, 1.54) is 6.07 Å². The topological polar surface area (TPSA) is 41.9 Å². The van der Waals surface area contributed by atoms with Gasteiger partial charge in [0.05, 0.1) is 12.0 Å². The van der Waals surface area contributed by atoms with Crippen molar-refractivity contribution in [2.75, 3.05) is 5.32 Å². The Labute approximate surface area is 139 Å². The first-order chi connectivity index (χ1) is 11.2. The summed E-state index contributed by atoms with van der Waals surface area (Å²) in [5, 5.41) is 6.29. The number of hydrogen-bond donors (Lipinski definition) is 2. The Morgan fingerprint density at radius 1 is 1.13 bits per heavy atom. The van der Waals surface area contributed by atoms with Crippen LogP contribution in [-0.2, 0) is 6.54 Å². The van der Waals surface area contributed by atoms with Gasteiger partial charge in [0, 0.05) is 24.6 Å². The molecule has 0 aliphatic carbocycles. The molecule has 2 N–H and O–H groups in total. The van der Waals surface area contributed by atoms with Crippen LogP contribution in [0.25, 0.3) is 5.69 Å². The predicted octanol–water partition coefficient (Wildman–Crippen LogP) is 3.50. The minimum Gasteiger partial charge on any atom is -0.358 e. The summed E-state index contributed by atoms with van der Waals surface area (Å²) >= 11 is 5.18. The van der Waals surface area contributed by atoms with Crippen LogP contribution in [0.3, 0.4) is 0 Å². The average Bonchev–Trinajstić information content (AvgIpc) is 3.10. The lowest BCUT2D eigenvalue weighted by Gasteiger charge is -2.11. The average molecular weight is 326 g/mol. The van der Waals surface area contributed by atoms with Gasteiger partial charge in [-0.3, -0.25) is 0 Å². The lowest BCUT2D eigenvalue weighted by Crippen LogP contribution is -2.28. The van der Waals surface area contributed by atoms with E-state index in [1.54, 1.807) is 30.7 Å². The Balaban J connectivity index is 1.56. The summed E-state index contributed by atoms with van der Waals surface area (Å²) in [6, 6.07) is 14.4. The first-order valence-corrected chi connectivity index (χ1v) is 7.50. The number of nitrogens with zero attached hydrogens (tertiary/aromatic N) is 2. The third-order valence-electron chi connectivity index (χ3n) is 3.31. The monoisotopic (exact) mass is 326 g/mol. The van der Waals surface area contributed by atoms with E-state index in [2.05, 4.69) is 15.6 Å². The van der Waals surface area contributed by atoms with Crippen molar-refractivity contribution in [1.29, 1.82) is 0 Å². The summed E-state index contributed by atoms with van der Waals surface area (Å²) in [6.45, 7) is 0.560. The summed E-state index contributed by atoms with van der Waals surface area (Å²) in [7, 11) is 0. The fraction of sp³-hybridized carbons (Fsp3) is 0.0588. The Morgan fingerprint density at radius 3 is 2.61 bits per heavy atom. The fourth-order valence-electron chi connectivity index (χ4n) is 2.11. The molecule has 0 aliphatic rings. The molecule has 1 heterocycles. The molecule has 6 heteroatoms. The highest BCUT2D eigenvalue weighted by atomic mass is 32.1. The fourth-order valence-corrected chi connectivity index (χ4v) is 2.29. The molecule has 0 amide bonds. The molecule has 116 valence electrons. The van der Waals surface area contributed by atoms with Gasteiger partial charge in [-0.05, 0) is 42.0 Å². The number of thiocarbonyl (C=S) groups is 1. The number of nitrogens with one attached hydrogen (secondary N) is 2. The largest absolute Gasteiger partial charge is 0.358 e. The van der Waals surface area contributed by atoms with Crippen molar-refractivity contribution in [3.63, 3.8) is 0 Å². The summed E-state index contributed by atoms with van der Waals surface area (Å²) in [4.78, 5) is 4.02. The quantitative estimate of drug-likeness (QED) is 0.720. The van der Waals surface area contributed by atoms with Gasteiger partial charge < -0.3 is 15.2 Å². The molecule has 0 unspecified atom stereocenters. The Morgan fingerprint density at radius 2 is 1.91 bits per heavy atom. The molecule has 0 aliphatic heterocycles. The first kappa shape index (κ1) is 15.2. The zero-order chi connectivity index (χ0) is 16.1. The number of halogens is 1. The maximum absolute atomic E-state index is 13.5. The second-order valence-corrected chi connectivity index (χ2v) is 5.33. The van der Waals surface area contributed by atoms with Gasteiger partial charge in [-0.15, -0.1) is 0 Å². The zero-order valence-electron chi connectivity index (χ0n) is 12.2. The van der Waals surface area contributed by atoms with Gasteiger partial charge in [-0.2, -0.15) is 0 Å². The lowest BCUT2D eigenvalue weighted by atomic mass is 10.2. The zero-order valence-corrected chi connectivity index (χ0v) is 13.1. The van der Waals surface area contributed by atoms with Crippen LogP contribution in [0, 0.1) is 5.82 Å². The number of aromatic nitrogens is 2. The summed E-state index contributed by atoms with van der Waals surface area (Å²) in [5.41, 5.74) is 2.48. The van der Waals surface area contributed by atoms with Crippen molar-refractivity contribution < 1.29 is 4.39 Å². The second kappa shape index (κ2) is 7.02. The Kier molecular flexibility index (Phi) is 4.63. The molecule has 2 aromatic carbocycles. The highest BCUT2D eigenvalue weighted by Crippen LogP contribution is 2.12. The highest BCUT2D eigenvalue weighted by molar-refractivity contribution is 7.80. The van der Waals surface area contributed by atoms with E-state index in [4.69, 9.17) is 12.2 Å². The van der Waals surface area contributed by atoms with Gasteiger partial charge >= 0.3 is 0 Å². The molecule has 1 aromatic heterocycles. The van der Waals surface area contributed by atoms with Gasteiger partial charge in [-0.1, -0.05) is 24.3 Å². The third-order valence-corrected chi connectivity index (χ3v) is 3.56. The van der Waals surface area contributed by atoms with E-state index >= 15 is 0 Å². The van der Waals surface area contributed by atoms with Crippen LogP contribution < -0.4 is 10.6 Å². The molecule has 3 rings (SSSR count). The van der Waals surface area contributed by atoms with Gasteiger partial charge in [-0.25, -0.2) is 9.37 Å². The van der Waals surface area contributed by atoms with Crippen molar-refractivity contribution >= 4 is 23.0 Å². The van der Waals surface area contributed by atoms with Crippen LogP contribution in [0.2, 0.25) is 0 Å². The molecule has 0 radical (unpaired) electrons. The van der Waals surface area contributed by atoms with E-state index in [0.717, 1.165) is 11.3 Å². The minimum atomic E-state index is -0.332. The number of para-hydroxylation sites is 1. The number of benzene rings is 2. The number of hydrogen-bond acceptors (Lipinski definition) is 2. The molecule has 0 atom stereocenters. The maximum atomic E-state index is 13.5. The predicted molar refractivity (Wildman–Crippen MR) is 93.0 cm³/mol. The molecular formula is C17H15FN4S. The Hall–Kier alpha value is -2.73. The second-order valence-electron chi connectivity index (χ2n) is 4.92. The number of imidazole rings is 1. The van der Waals surface area contributed by atoms with E-state index < -0.39 is 0 Å². The van der Waals surface area contributed by atoms with Gasteiger partial charge in [0.2, 0.25) is 0 Å². The Bertz CT molecular complexity index is 785. The van der Waals surface area contributed by atoms with Crippen LogP contribution in [0.4, 0.5) is 10.1 Å². The SMILES string of the molecule is Fc1ccccc1NC(=S)NCc1ccc(-n2ccnc2)cc1. The van der Waals surface area contributed by atoms with Crippen molar-refractivity contribution in [2.45, 2.75) is 6.54 Å². The molecule has 4 nitrogen and oxygen atoms in total. The smallest absolute Gasteiger partial charge is 0.171 e. The minimum absolute atomic E-state index is 0.332. The molecule has 0 fully saturated rings. The van der Waals surface area contributed by atoms with E-state index in [0.29, 0.717) is 17.3 Å². The van der Waals surface area contributed by atoms with Crippen molar-refractivity contribution in [2.24, 2.45) is 0 Å². The molecule has 0 bridgehead atoms. The maximum Gasteiger partial charge on any atom is 0.171 e. The van der Waals surface area contributed by atoms with E-state index in [-0.39, 0.29) is 5.82 Å². The lowest BCUT2D eigenvalue weighted by molar-refractivity contribution is 0.632. The molecule has 0 saturated carbocycles. The third kappa shape index (κ3) is 3.92. The van der Waals surface area contributed by atoms with Gasteiger partial charge in [0.25, 0.3) is 0 Å². The van der Waals surface area contributed by atoms with E-state index in [9.17, 15) is 4.39 Å². The number of anilines is 1. The van der Waals surface area contributed by atoms with Gasteiger partial charge in [0.15, 0.2) is 5.11 Å². The first-order valence-electron chi connectivity index (χ1n) is 7.09. The standard InChI is InChI=1S/C17H15FN4S/c18-15-3-1-2-4-16(15)21-17(23)20-11-13-5-7-14(8-6-13)22-10-9-19-12-22/h1-10,12H,11H2,(H2,20,21,23). The molecule has 0 saturated heterocycles. The molecule has 23 heavy (non-hydrogen) atoms. The molecule has 3 aromatic rings. The van der Waals surface area contributed by atoms with Crippen molar-refractivity contribution in [3.8, 4) is 5.69 Å². The van der Waals surface area contributed by atoms with Crippen molar-refractivity contribution in [1.82, 2.24) is 14.9 Å². The number of rotatable bonds is 4. The summed E-state index contributed by atoms with van der Waals surface area (Å²) in [5.74, 6) is -0.332. The summed E-state index contributed by atoms with van der Waals surface area (Å²) in [6.07, 6.45) is 5.38. The van der Waals surface area contributed by atoms with Crippen LogP contribution in [0.1, 0.15) is 5.56 Å². The van der Waals surface area contributed by atoms with Crippen molar-refractivity contribution in [3.05, 3.63) is 78.6 Å². The highest BCUT2D eigenvalue weighted by Gasteiger charge is 2.03.